The fourth-order valence-electron chi connectivity index (χ4n) is 2.47. The highest BCUT2D eigenvalue weighted by Gasteiger charge is 2.21. The molecule has 0 aromatic heterocycles. The molecule has 0 bridgehead atoms. The number of piperazine rings is 1. The molecule has 7 heteroatoms. The maximum absolute atomic E-state index is 13.2. The van der Waals surface area contributed by atoms with Gasteiger partial charge in [-0.25, -0.2) is 9.18 Å². The Bertz CT molecular complexity index is 782. The van der Waals surface area contributed by atoms with Gasteiger partial charge in [-0.1, -0.05) is 18.2 Å². The summed E-state index contributed by atoms with van der Waals surface area (Å²) in [4.78, 5) is 25.0. The van der Waals surface area contributed by atoms with E-state index >= 15 is 0 Å². The van der Waals surface area contributed by atoms with Crippen LogP contribution in [0.25, 0.3) is 0 Å². The Morgan fingerprint density at radius 1 is 1.24 bits per heavy atom. The molecule has 0 spiro atoms. The summed E-state index contributed by atoms with van der Waals surface area (Å²) in [6.45, 7) is 1.18. The number of benzene rings is 2. The highest BCUT2D eigenvalue weighted by atomic mass is 19.1. The van der Waals surface area contributed by atoms with Gasteiger partial charge in [0.1, 0.15) is 24.7 Å². The molecule has 2 N–H and O–H groups in total. The van der Waals surface area contributed by atoms with Gasteiger partial charge in [-0.15, -0.1) is 0 Å². The highest BCUT2D eigenvalue weighted by Crippen LogP contribution is 2.19. The van der Waals surface area contributed by atoms with Crippen LogP contribution in [-0.4, -0.2) is 36.5 Å². The molecule has 0 aliphatic carbocycles. The van der Waals surface area contributed by atoms with Crippen molar-refractivity contribution >= 4 is 17.6 Å². The van der Waals surface area contributed by atoms with Gasteiger partial charge in [0.05, 0.1) is 0 Å². The number of nitrogens with one attached hydrogen (secondary N) is 2. The lowest BCUT2D eigenvalue weighted by atomic mass is 10.2. The summed E-state index contributed by atoms with van der Waals surface area (Å²) in [7, 11) is 0. The van der Waals surface area contributed by atoms with Crippen molar-refractivity contribution in [1.82, 2.24) is 10.2 Å². The first-order chi connectivity index (χ1) is 12.1. The van der Waals surface area contributed by atoms with Crippen LogP contribution < -0.4 is 15.4 Å². The molecule has 0 radical (unpaired) electrons. The van der Waals surface area contributed by atoms with Gasteiger partial charge in [0, 0.05) is 24.8 Å². The van der Waals surface area contributed by atoms with E-state index in [0.29, 0.717) is 30.1 Å². The predicted molar refractivity (Wildman–Crippen MR) is 90.8 cm³/mol. The van der Waals surface area contributed by atoms with Crippen molar-refractivity contribution in [2.24, 2.45) is 0 Å². The summed E-state index contributed by atoms with van der Waals surface area (Å²) in [5, 5.41) is 5.42. The molecule has 0 unspecified atom stereocenters. The normalized spacial score (nSPS) is 14.0. The average Bonchev–Trinajstić information content (AvgIpc) is 2.60. The molecule has 2 aromatic rings. The smallest absolute Gasteiger partial charge is 0.322 e. The molecule has 1 aliphatic heterocycles. The minimum absolute atomic E-state index is 0.0432. The Kier molecular flexibility index (Phi) is 5.13. The Morgan fingerprint density at radius 2 is 2.08 bits per heavy atom. The van der Waals surface area contributed by atoms with Crippen LogP contribution in [0.1, 0.15) is 5.56 Å². The van der Waals surface area contributed by atoms with E-state index in [1.807, 2.05) is 0 Å². The zero-order valence-corrected chi connectivity index (χ0v) is 13.5. The third-order valence-electron chi connectivity index (χ3n) is 3.71. The molecule has 1 fully saturated rings. The van der Waals surface area contributed by atoms with Gasteiger partial charge in [0.2, 0.25) is 5.91 Å². The van der Waals surface area contributed by atoms with Gasteiger partial charge < -0.3 is 20.3 Å². The van der Waals surface area contributed by atoms with Gasteiger partial charge in [-0.05, 0) is 29.8 Å². The van der Waals surface area contributed by atoms with E-state index in [2.05, 4.69) is 10.6 Å². The van der Waals surface area contributed by atoms with Gasteiger partial charge in [0.25, 0.3) is 0 Å². The summed E-state index contributed by atoms with van der Waals surface area (Å²) in [6.07, 6.45) is 0. The highest BCUT2D eigenvalue weighted by molar-refractivity contribution is 5.93. The van der Waals surface area contributed by atoms with Crippen LogP contribution in [0.3, 0.4) is 0 Å². The average molecular weight is 343 g/mol. The Balaban J connectivity index is 1.59. The molecule has 130 valence electrons. The molecule has 3 rings (SSSR count). The molecular formula is C18H18FN3O3. The van der Waals surface area contributed by atoms with E-state index in [-0.39, 0.29) is 30.9 Å². The number of rotatable bonds is 4. The first-order valence-electron chi connectivity index (χ1n) is 7.90. The van der Waals surface area contributed by atoms with Crippen LogP contribution in [0, 0.1) is 5.82 Å². The summed E-state index contributed by atoms with van der Waals surface area (Å²) in [5.74, 6) is 0.0692. The summed E-state index contributed by atoms with van der Waals surface area (Å²) in [5.41, 5.74) is 1.28. The first-order valence-corrected chi connectivity index (χ1v) is 7.90. The number of carbonyl (C=O) groups is 2. The SMILES string of the molecule is O=C1CN(C(=O)Nc2cccc(OCc3cccc(F)c3)c2)CCN1. The number of amides is 3. The minimum atomic E-state index is -0.336. The van der Waals surface area contributed by atoms with Crippen LogP contribution in [0.15, 0.2) is 48.5 Å². The number of ether oxygens (including phenoxy) is 1. The third kappa shape index (κ3) is 4.69. The van der Waals surface area contributed by atoms with Gasteiger partial charge in [-0.3, -0.25) is 4.79 Å². The summed E-state index contributed by atoms with van der Waals surface area (Å²) in [6, 6.07) is 12.8. The number of halogens is 1. The van der Waals surface area contributed by atoms with E-state index in [9.17, 15) is 14.0 Å². The summed E-state index contributed by atoms with van der Waals surface area (Å²) < 4.78 is 18.8. The van der Waals surface area contributed by atoms with Crippen LogP contribution in [0.2, 0.25) is 0 Å². The lowest BCUT2D eigenvalue weighted by Gasteiger charge is -2.26. The minimum Gasteiger partial charge on any atom is -0.489 e. The predicted octanol–water partition coefficient (Wildman–Crippen LogP) is 2.37. The lowest BCUT2D eigenvalue weighted by molar-refractivity contribution is -0.123. The molecule has 2 aromatic carbocycles. The van der Waals surface area contributed by atoms with E-state index < -0.39 is 0 Å². The van der Waals surface area contributed by atoms with Crippen molar-refractivity contribution in [3.8, 4) is 5.75 Å². The van der Waals surface area contributed by atoms with Crippen LogP contribution in [0.4, 0.5) is 14.9 Å². The second-order valence-corrected chi connectivity index (χ2v) is 5.65. The molecule has 1 heterocycles. The number of urea groups is 1. The number of hydrogen-bond donors (Lipinski definition) is 2. The standard InChI is InChI=1S/C18H18FN3O3/c19-14-4-1-3-13(9-14)12-25-16-6-2-5-15(10-16)21-18(24)22-8-7-20-17(23)11-22/h1-6,9-10H,7-8,11-12H2,(H,20,23)(H,21,24). The maximum atomic E-state index is 13.2. The van der Waals surface area contributed by atoms with Gasteiger partial charge >= 0.3 is 6.03 Å². The van der Waals surface area contributed by atoms with Crippen molar-refractivity contribution in [1.29, 1.82) is 0 Å². The van der Waals surface area contributed by atoms with Crippen LogP contribution in [0.5, 0.6) is 5.75 Å². The van der Waals surface area contributed by atoms with Crippen LogP contribution >= 0.6 is 0 Å². The monoisotopic (exact) mass is 343 g/mol. The second-order valence-electron chi connectivity index (χ2n) is 5.65. The van der Waals surface area contributed by atoms with Crippen molar-refractivity contribution in [3.05, 3.63) is 59.9 Å². The van der Waals surface area contributed by atoms with Crippen molar-refractivity contribution in [2.45, 2.75) is 6.61 Å². The fourth-order valence-corrected chi connectivity index (χ4v) is 2.47. The van der Waals surface area contributed by atoms with Crippen molar-refractivity contribution in [2.75, 3.05) is 25.0 Å². The zero-order valence-electron chi connectivity index (χ0n) is 13.5. The molecule has 25 heavy (non-hydrogen) atoms. The number of hydrogen-bond acceptors (Lipinski definition) is 3. The summed E-state index contributed by atoms with van der Waals surface area (Å²) >= 11 is 0. The Morgan fingerprint density at radius 3 is 2.88 bits per heavy atom. The molecule has 0 atom stereocenters. The van der Waals surface area contributed by atoms with Gasteiger partial charge in [-0.2, -0.15) is 0 Å². The second kappa shape index (κ2) is 7.65. The molecule has 3 amide bonds. The first kappa shape index (κ1) is 16.8. The zero-order chi connectivity index (χ0) is 17.6. The third-order valence-corrected chi connectivity index (χ3v) is 3.71. The van der Waals surface area contributed by atoms with E-state index in [1.54, 1.807) is 36.4 Å². The molecule has 1 aliphatic rings. The molecule has 1 saturated heterocycles. The molecule has 6 nitrogen and oxygen atoms in total. The van der Waals surface area contributed by atoms with E-state index in [0.717, 1.165) is 0 Å². The quantitative estimate of drug-likeness (QED) is 0.895. The maximum Gasteiger partial charge on any atom is 0.322 e. The number of anilines is 1. The largest absolute Gasteiger partial charge is 0.489 e. The Hall–Kier alpha value is -3.09. The van der Waals surface area contributed by atoms with E-state index in [1.165, 1.54) is 17.0 Å². The fraction of sp³-hybridized carbons (Fsp3) is 0.222. The molecule has 0 saturated carbocycles. The van der Waals surface area contributed by atoms with Crippen molar-refractivity contribution < 1.29 is 18.7 Å². The number of nitrogens with zero attached hydrogens (tertiary/aromatic N) is 1. The topological polar surface area (TPSA) is 70.7 Å². The Labute approximate surface area is 144 Å². The van der Waals surface area contributed by atoms with E-state index in [4.69, 9.17) is 4.74 Å². The number of carbonyl (C=O) groups excluding carboxylic acids is 2. The van der Waals surface area contributed by atoms with Gasteiger partial charge in [0.15, 0.2) is 0 Å². The lowest BCUT2D eigenvalue weighted by Crippen LogP contribution is -2.51. The molecular weight excluding hydrogens is 325 g/mol. The van der Waals surface area contributed by atoms with Crippen LogP contribution in [-0.2, 0) is 11.4 Å². The van der Waals surface area contributed by atoms with Crippen molar-refractivity contribution in [3.63, 3.8) is 0 Å².